The van der Waals surface area contributed by atoms with Gasteiger partial charge in [0.2, 0.25) is 5.91 Å². The van der Waals surface area contributed by atoms with Crippen molar-refractivity contribution >= 4 is 5.91 Å². The van der Waals surface area contributed by atoms with Gasteiger partial charge in [0.1, 0.15) is 6.61 Å². The Morgan fingerprint density at radius 2 is 2.57 bits per heavy atom. The van der Waals surface area contributed by atoms with Crippen molar-refractivity contribution in [3.05, 3.63) is 0 Å². The number of primary amides is 1. The van der Waals surface area contributed by atoms with Gasteiger partial charge in [0, 0.05) is 7.05 Å². The lowest BCUT2D eigenvalue weighted by Crippen LogP contribution is -2.22. The van der Waals surface area contributed by atoms with Gasteiger partial charge in [0.25, 0.3) is 0 Å². The lowest BCUT2D eigenvalue weighted by atomic mass is 10.7. The number of rotatable bonds is 3. The van der Waals surface area contributed by atoms with Gasteiger partial charge in [0.05, 0.1) is 0 Å². The van der Waals surface area contributed by atoms with Crippen molar-refractivity contribution in [1.29, 1.82) is 0 Å². The molecule has 0 aromatic carbocycles. The summed E-state index contributed by atoms with van der Waals surface area (Å²) in [4.78, 5) is 14.2. The molecule has 0 aliphatic carbocycles. The summed E-state index contributed by atoms with van der Waals surface area (Å²) in [5.74, 6) is -0.477. The number of hydrogen-bond acceptors (Lipinski definition) is 3. The number of hydroxylamine groups is 1. The second-order valence-electron chi connectivity index (χ2n) is 0.959. The fraction of sp³-hybridized carbons (Fsp3) is 0.667. The first-order valence-electron chi connectivity index (χ1n) is 1.84. The van der Waals surface area contributed by atoms with E-state index in [2.05, 4.69) is 16.1 Å². The summed E-state index contributed by atoms with van der Waals surface area (Å²) in [5, 5.41) is 0. The predicted molar refractivity (Wildman–Crippen MR) is 24.2 cm³/mol. The highest BCUT2D eigenvalue weighted by Gasteiger charge is 1.87. The molecule has 0 saturated heterocycles. The largest absolute Gasteiger partial charge is 0.368 e. The monoisotopic (exact) mass is 104 g/mol. The molecule has 0 rings (SSSR count). The Morgan fingerprint density at radius 3 is 2.71 bits per heavy atom. The zero-order valence-corrected chi connectivity index (χ0v) is 4.10. The Bertz CT molecular complexity index is 64.0. The van der Waals surface area contributed by atoms with E-state index in [1.54, 1.807) is 7.05 Å². The van der Waals surface area contributed by atoms with E-state index in [1.807, 2.05) is 0 Å². The van der Waals surface area contributed by atoms with Crippen molar-refractivity contribution in [3.63, 3.8) is 0 Å². The molecule has 0 radical (unpaired) electrons. The van der Waals surface area contributed by atoms with Crippen LogP contribution >= 0.6 is 0 Å². The van der Waals surface area contributed by atoms with Gasteiger partial charge in [0.15, 0.2) is 0 Å². The van der Waals surface area contributed by atoms with Crippen LogP contribution in [0, 0.1) is 0 Å². The van der Waals surface area contributed by atoms with Crippen LogP contribution in [-0.4, -0.2) is 19.6 Å². The molecule has 0 fully saturated rings. The van der Waals surface area contributed by atoms with Gasteiger partial charge >= 0.3 is 0 Å². The lowest BCUT2D eigenvalue weighted by molar-refractivity contribution is -0.124. The SMILES string of the molecule is CNOCC(N)=O. The summed E-state index contributed by atoms with van der Waals surface area (Å²) in [6, 6.07) is 0. The maximum absolute atomic E-state index is 9.82. The third-order valence-corrected chi connectivity index (χ3v) is 0.359. The Kier molecular flexibility index (Phi) is 3.26. The fourth-order valence-corrected chi connectivity index (χ4v) is 0.143. The molecule has 0 saturated carbocycles. The van der Waals surface area contributed by atoms with Crippen molar-refractivity contribution in [2.75, 3.05) is 13.7 Å². The van der Waals surface area contributed by atoms with Crippen molar-refractivity contribution in [1.82, 2.24) is 5.48 Å². The number of hydrogen-bond donors (Lipinski definition) is 2. The molecule has 0 unspecified atom stereocenters. The summed E-state index contributed by atoms with van der Waals surface area (Å²) in [6.45, 7) is -0.0729. The van der Waals surface area contributed by atoms with Crippen LogP contribution in [0.2, 0.25) is 0 Å². The molecule has 0 atom stereocenters. The first-order chi connectivity index (χ1) is 3.27. The number of nitrogens with two attached hydrogens (primary N) is 1. The molecule has 0 bridgehead atoms. The molecule has 4 nitrogen and oxygen atoms in total. The maximum atomic E-state index is 9.82. The summed E-state index contributed by atoms with van der Waals surface area (Å²) in [7, 11) is 1.56. The maximum Gasteiger partial charge on any atom is 0.245 e. The minimum Gasteiger partial charge on any atom is -0.368 e. The molecule has 0 aliphatic heterocycles. The first kappa shape index (κ1) is 6.39. The van der Waals surface area contributed by atoms with Gasteiger partial charge in [-0.15, -0.1) is 0 Å². The summed E-state index contributed by atoms with van der Waals surface area (Å²) in [6.07, 6.45) is 0. The molecule has 3 N–H and O–H groups in total. The average molecular weight is 104 g/mol. The van der Waals surface area contributed by atoms with Crippen LogP contribution in [0.25, 0.3) is 0 Å². The van der Waals surface area contributed by atoms with Gasteiger partial charge in [-0.2, -0.15) is 0 Å². The molecule has 7 heavy (non-hydrogen) atoms. The topological polar surface area (TPSA) is 64.3 Å². The number of nitrogens with one attached hydrogen (secondary N) is 1. The van der Waals surface area contributed by atoms with E-state index in [9.17, 15) is 4.79 Å². The molecule has 0 spiro atoms. The predicted octanol–water partition coefficient (Wildman–Crippen LogP) is -1.38. The minimum atomic E-state index is -0.477. The highest BCUT2D eigenvalue weighted by Crippen LogP contribution is 1.58. The summed E-state index contributed by atoms with van der Waals surface area (Å²) >= 11 is 0. The Morgan fingerprint density at radius 1 is 2.00 bits per heavy atom. The van der Waals surface area contributed by atoms with Crippen molar-refractivity contribution in [2.24, 2.45) is 5.73 Å². The summed E-state index contributed by atoms with van der Waals surface area (Å²) < 4.78 is 0. The highest BCUT2D eigenvalue weighted by atomic mass is 16.6. The molecule has 1 amide bonds. The normalized spacial score (nSPS) is 8.71. The molecule has 0 aromatic rings. The van der Waals surface area contributed by atoms with Crippen LogP contribution in [-0.2, 0) is 9.63 Å². The number of carbonyl (C=O) groups excluding carboxylic acids is 1. The Hall–Kier alpha value is -0.610. The van der Waals surface area contributed by atoms with Gasteiger partial charge in [-0.25, -0.2) is 5.48 Å². The van der Waals surface area contributed by atoms with Crippen molar-refractivity contribution in [3.8, 4) is 0 Å². The Labute approximate surface area is 41.6 Å². The summed E-state index contributed by atoms with van der Waals surface area (Å²) in [5.41, 5.74) is 6.97. The van der Waals surface area contributed by atoms with Crippen LogP contribution in [0.3, 0.4) is 0 Å². The fourth-order valence-electron chi connectivity index (χ4n) is 0.143. The van der Waals surface area contributed by atoms with Crippen molar-refractivity contribution < 1.29 is 9.63 Å². The second kappa shape index (κ2) is 3.58. The molecular formula is C3H8N2O2. The number of amides is 1. The zero-order chi connectivity index (χ0) is 5.70. The van der Waals surface area contributed by atoms with Crippen LogP contribution in [0.5, 0.6) is 0 Å². The Balaban J connectivity index is 2.82. The van der Waals surface area contributed by atoms with Gasteiger partial charge < -0.3 is 5.73 Å². The van der Waals surface area contributed by atoms with Crippen molar-refractivity contribution in [2.45, 2.75) is 0 Å². The van der Waals surface area contributed by atoms with Gasteiger partial charge in [-0.3, -0.25) is 9.63 Å². The van der Waals surface area contributed by atoms with E-state index >= 15 is 0 Å². The van der Waals surface area contributed by atoms with Crippen LogP contribution < -0.4 is 11.2 Å². The van der Waals surface area contributed by atoms with Crippen LogP contribution in [0.4, 0.5) is 0 Å². The smallest absolute Gasteiger partial charge is 0.245 e. The van der Waals surface area contributed by atoms with E-state index in [-0.39, 0.29) is 6.61 Å². The van der Waals surface area contributed by atoms with Gasteiger partial charge in [-0.05, 0) is 0 Å². The third-order valence-electron chi connectivity index (χ3n) is 0.359. The molecule has 0 heterocycles. The van der Waals surface area contributed by atoms with E-state index in [0.29, 0.717) is 0 Å². The second-order valence-corrected chi connectivity index (χ2v) is 0.959. The standard InChI is InChI=1S/C3H8N2O2/c1-5-7-2-3(4)6/h5H,2H2,1H3,(H2,4,6). The van der Waals surface area contributed by atoms with Crippen LogP contribution in [0.1, 0.15) is 0 Å². The first-order valence-corrected chi connectivity index (χ1v) is 1.84. The average Bonchev–Trinajstić information content (AvgIpc) is 1.61. The molecule has 42 valence electrons. The van der Waals surface area contributed by atoms with E-state index in [1.165, 1.54) is 0 Å². The van der Waals surface area contributed by atoms with Gasteiger partial charge in [-0.1, -0.05) is 0 Å². The van der Waals surface area contributed by atoms with Crippen LogP contribution in [0.15, 0.2) is 0 Å². The molecular weight excluding hydrogens is 96.0 g/mol. The van der Waals surface area contributed by atoms with E-state index in [0.717, 1.165) is 0 Å². The lowest BCUT2D eigenvalue weighted by Gasteiger charge is -1.92. The zero-order valence-electron chi connectivity index (χ0n) is 4.10. The van der Waals surface area contributed by atoms with E-state index in [4.69, 9.17) is 0 Å². The van der Waals surface area contributed by atoms with E-state index < -0.39 is 5.91 Å². The number of carbonyl (C=O) groups is 1. The quantitative estimate of drug-likeness (QED) is 0.434. The highest BCUT2D eigenvalue weighted by molar-refractivity contribution is 5.74. The third kappa shape index (κ3) is 5.39. The minimum absolute atomic E-state index is 0.0729. The molecule has 4 heteroatoms. The molecule has 0 aliphatic rings. The molecule has 0 aromatic heterocycles.